The molecule has 0 N–H and O–H groups in total. The zero-order valence-corrected chi connectivity index (χ0v) is 15.9. The van der Waals surface area contributed by atoms with E-state index < -0.39 is 11.8 Å². The van der Waals surface area contributed by atoms with Gasteiger partial charge >= 0.3 is 5.97 Å². The number of ether oxygens (including phenoxy) is 2. The molecule has 28 heavy (non-hydrogen) atoms. The number of carbonyl (C=O) groups is 2. The second-order valence-corrected chi connectivity index (χ2v) is 6.96. The van der Waals surface area contributed by atoms with Crippen molar-refractivity contribution < 1.29 is 23.5 Å². The summed E-state index contributed by atoms with van der Waals surface area (Å²) in [5.41, 5.74) is 1.26. The second-order valence-electron chi connectivity index (χ2n) is 6.05. The molecule has 3 aromatic carbocycles. The predicted octanol–water partition coefficient (Wildman–Crippen LogP) is 5.42. The maximum Gasteiger partial charge on any atom is 0.343 e. The first-order valence-electron chi connectivity index (χ1n) is 8.31. The fourth-order valence-corrected chi connectivity index (χ4v) is 2.99. The summed E-state index contributed by atoms with van der Waals surface area (Å²) in [5, 5.41) is 0. The Bertz CT molecular complexity index is 1120. The molecular weight excluding hydrogens is 427 g/mol. The van der Waals surface area contributed by atoms with Crippen molar-refractivity contribution in [1.82, 2.24) is 0 Å². The third kappa shape index (κ3) is 3.73. The second kappa shape index (κ2) is 7.40. The summed E-state index contributed by atoms with van der Waals surface area (Å²) >= 11 is 3.31. The number of ketones is 1. The van der Waals surface area contributed by atoms with Gasteiger partial charge in [0.05, 0.1) is 11.1 Å². The van der Waals surface area contributed by atoms with Gasteiger partial charge in [-0.1, -0.05) is 28.1 Å². The van der Waals surface area contributed by atoms with Gasteiger partial charge in [-0.2, -0.15) is 0 Å². The lowest BCUT2D eigenvalue weighted by atomic mass is 10.1. The van der Waals surface area contributed by atoms with Gasteiger partial charge in [-0.3, -0.25) is 4.79 Å². The highest BCUT2D eigenvalue weighted by atomic mass is 79.9. The number of carbonyl (C=O) groups excluding carboxylic acids is 2. The average Bonchev–Trinajstić information content (AvgIpc) is 2.97. The Morgan fingerprint density at radius 3 is 2.57 bits per heavy atom. The standard InChI is InChI=1S/C22H12BrFO4/c23-15-6-4-14(5-7-15)22(26)27-17-8-9-18-19(12-17)28-20(21(18)25)11-13-2-1-3-16(24)10-13/h1-12H. The molecule has 4 rings (SSSR count). The van der Waals surface area contributed by atoms with E-state index in [1.807, 2.05) is 0 Å². The molecule has 0 aromatic heterocycles. The van der Waals surface area contributed by atoms with Crippen LogP contribution in [0.3, 0.4) is 0 Å². The van der Waals surface area contributed by atoms with E-state index in [0.29, 0.717) is 16.7 Å². The van der Waals surface area contributed by atoms with Gasteiger partial charge in [0.25, 0.3) is 0 Å². The monoisotopic (exact) mass is 438 g/mol. The lowest BCUT2D eigenvalue weighted by Gasteiger charge is -2.06. The molecule has 1 heterocycles. The lowest BCUT2D eigenvalue weighted by molar-refractivity contribution is 0.0734. The SMILES string of the molecule is O=C(Oc1ccc2c(c1)OC(=Cc1cccc(F)c1)C2=O)c1ccc(Br)cc1. The molecule has 1 aliphatic rings. The molecule has 4 nitrogen and oxygen atoms in total. The number of rotatable bonds is 3. The van der Waals surface area contributed by atoms with Crippen LogP contribution in [-0.2, 0) is 0 Å². The summed E-state index contributed by atoms with van der Waals surface area (Å²) in [4.78, 5) is 24.7. The van der Waals surface area contributed by atoms with Crippen LogP contribution >= 0.6 is 15.9 Å². The summed E-state index contributed by atoms with van der Waals surface area (Å²) in [6.07, 6.45) is 1.47. The zero-order valence-electron chi connectivity index (χ0n) is 14.3. The quantitative estimate of drug-likeness (QED) is 0.311. The van der Waals surface area contributed by atoms with Gasteiger partial charge in [-0.05, 0) is 60.2 Å². The van der Waals surface area contributed by atoms with Crippen LogP contribution in [0.15, 0.2) is 77.0 Å². The molecular formula is C22H12BrFO4. The third-order valence-electron chi connectivity index (χ3n) is 4.08. The first kappa shape index (κ1) is 18.1. The van der Waals surface area contributed by atoms with Crippen LogP contribution in [0.25, 0.3) is 6.08 Å². The molecule has 0 fully saturated rings. The summed E-state index contributed by atoms with van der Waals surface area (Å²) in [6, 6.07) is 17.1. The number of hydrogen-bond donors (Lipinski definition) is 0. The fraction of sp³-hybridized carbons (Fsp3) is 0. The minimum absolute atomic E-state index is 0.0805. The minimum atomic E-state index is -0.521. The zero-order chi connectivity index (χ0) is 19.7. The number of hydrogen-bond acceptors (Lipinski definition) is 4. The van der Waals surface area contributed by atoms with E-state index in [0.717, 1.165) is 4.47 Å². The van der Waals surface area contributed by atoms with E-state index in [4.69, 9.17) is 9.47 Å². The van der Waals surface area contributed by atoms with E-state index in [2.05, 4.69) is 15.9 Å². The summed E-state index contributed by atoms with van der Waals surface area (Å²) in [5.74, 6) is -0.617. The first-order valence-corrected chi connectivity index (χ1v) is 9.10. The molecule has 0 spiro atoms. The average molecular weight is 439 g/mol. The Morgan fingerprint density at radius 1 is 1.04 bits per heavy atom. The Labute approximate surface area is 168 Å². The molecule has 0 saturated heterocycles. The predicted molar refractivity (Wildman–Crippen MR) is 105 cm³/mol. The highest BCUT2D eigenvalue weighted by Crippen LogP contribution is 2.35. The maximum atomic E-state index is 13.3. The summed E-state index contributed by atoms with van der Waals surface area (Å²) in [7, 11) is 0. The van der Waals surface area contributed by atoms with E-state index in [-0.39, 0.29) is 23.0 Å². The van der Waals surface area contributed by atoms with Gasteiger partial charge < -0.3 is 9.47 Å². The van der Waals surface area contributed by atoms with Crippen LogP contribution in [0.1, 0.15) is 26.3 Å². The van der Waals surface area contributed by atoms with Crippen molar-refractivity contribution >= 4 is 33.8 Å². The van der Waals surface area contributed by atoms with Crippen molar-refractivity contribution in [3.8, 4) is 11.5 Å². The fourth-order valence-electron chi connectivity index (χ4n) is 2.73. The number of esters is 1. The van der Waals surface area contributed by atoms with Gasteiger partial charge in [-0.25, -0.2) is 9.18 Å². The van der Waals surface area contributed by atoms with Gasteiger partial charge in [-0.15, -0.1) is 0 Å². The minimum Gasteiger partial charge on any atom is -0.452 e. The normalized spacial score (nSPS) is 13.9. The molecule has 0 amide bonds. The highest BCUT2D eigenvalue weighted by molar-refractivity contribution is 9.10. The van der Waals surface area contributed by atoms with Crippen LogP contribution in [0.5, 0.6) is 11.5 Å². The Kier molecular flexibility index (Phi) is 4.79. The van der Waals surface area contributed by atoms with Gasteiger partial charge in [0.1, 0.15) is 17.3 Å². The van der Waals surface area contributed by atoms with Gasteiger partial charge in [0.15, 0.2) is 5.76 Å². The van der Waals surface area contributed by atoms with Crippen molar-refractivity contribution in [1.29, 1.82) is 0 Å². The maximum absolute atomic E-state index is 13.3. The topological polar surface area (TPSA) is 52.6 Å². The smallest absolute Gasteiger partial charge is 0.343 e. The third-order valence-corrected chi connectivity index (χ3v) is 4.61. The molecule has 3 aromatic rings. The Morgan fingerprint density at radius 2 is 1.82 bits per heavy atom. The summed E-state index contributed by atoms with van der Waals surface area (Å²) in [6.45, 7) is 0. The van der Waals surface area contributed by atoms with Crippen molar-refractivity contribution in [2.24, 2.45) is 0 Å². The number of allylic oxidation sites excluding steroid dienone is 1. The van der Waals surface area contributed by atoms with Crippen molar-refractivity contribution in [3.63, 3.8) is 0 Å². The van der Waals surface area contributed by atoms with Gasteiger partial charge in [0, 0.05) is 10.5 Å². The number of fused-ring (bicyclic) bond motifs is 1. The summed E-state index contributed by atoms with van der Waals surface area (Å²) < 4.78 is 25.1. The highest BCUT2D eigenvalue weighted by Gasteiger charge is 2.28. The van der Waals surface area contributed by atoms with E-state index in [1.54, 1.807) is 36.4 Å². The van der Waals surface area contributed by atoms with E-state index >= 15 is 0 Å². The molecule has 0 atom stereocenters. The van der Waals surface area contributed by atoms with Crippen LogP contribution < -0.4 is 9.47 Å². The number of benzene rings is 3. The van der Waals surface area contributed by atoms with Crippen LogP contribution in [0.4, 0.5) is 4.39 Å². The van der Waals surface area contributed by atoms with Crippen molar-refractivity contribution in [2.45, 2.75) is 0 Å². The van der Waals surface area contributed by atoms with Crippen LogP contribution in [-0.4, -0.2) is 11.8 Å². The molecule has 0 aliphatic carbocycles. The van der Waals surface area contributed by atoms with Gasteiger partial charge in [0.2, 0.25) is 5.78 Å². The Balaban J connectivity index is 1.55. The molecule has 138 valence electrons. The molecule has 0 bridgehead atoms. The molecule has 1 aliphatic heterocycles. The molecule has 0 unspecified atom stereocenters. The van der Waals surface area contributed by atoms with Crippen molar-refractivity contribution in [3.05, 3.63) is 99.5 Å². The van der Waals surface area contributed by atoms with Crippen molar-refractivity contribution in [2.75, 3.05) is 0 Å². The number of halogens is 2. The molecule has 0 saturated carbocycles. The lowest BCUT2D eigenvalue weighted by Crippen LogP contribution is -2.08. The van der Waals surface area contributed by atoms with Crippen LogP contribution in [0.2, 0.25) is 0 Å². The molecule has 6 heteroatoms. The van der Waals surface area contributed by atoms with E-state index in [9.17, 15) is 14.0 Å². The number of Topliss-reactive ketones (excluding diaryl/α,β-unsaturated/α-hetero) is 1. The largest absolute Gasteiger partial charge is 0.452 e. The van der Waals surface area contributed by atoms with E-state index in [1.165, 1.54) is 36.4 Å². The van der Waals surface area contributed by atoms with Crippen LogP contribution in [0, 0.1) is 5.82 Å². The molecule has 0 radical (unpaired) electrons. The Hall–Kier alpha value is -3.25. The first-order chi connectivity index (χ1) is 13.5.